The molecule has 0 spiro atoms. The molecule has 0 bridgehead atoms. The van der Waals surface area contributed by atoms with Crippen LogP contribution in [0.15, 0.2) is 75.8 Å². The van der Waals surface area contributed by atoms with Gasteiger partial charge in [-0.05, 0) is 51.3 Å². The van der Waals surface area contributed by atoms with E-state index in [1.54, 1.807) is 12.1 Å². The van der Waals surface area contributed by atoms with E-state index in [9.17, 15) is 9.59 Å². The Morgan fingerprint density at radius 1 is 0.750 bits per heavy atom. The fourth-order valence-corrected chi connectivity index (χ4v) is 4.65. The third-order valence-corrected chi connectivity index (χ3v) is 6.72. The molecule has 0 saturated carbocycles. The number of rotatable bonds is 4. The van der Waals surface area contributed by atoms with Crippen molar-refractivity contribution in [2.75, 3.05) is 39.3 Å². The van der Waals surface area contributed by atoms with E-state index in [1.807, 2.05) is 52.3 Å². The summed E-state index contributed by atoms with van der Waals surface area (Å²) in [6, 6.07) is 21.8. The predicted molar refractivity (Wildman–Crippen MR) is 125 cm³/mol. The molecule has 164 valence electrons. The summed E-state index contributed by atoms with van der Waals surface area (Å²) in [6.07, 6.45) is 0. The van der Waals surface area contributed by atoms with Gasteiger partial charge in [0.2, 0.25) is 0 Å². The molecule has 5 rings (SSSR count). The van der Waals surface area contributed by atoms with E-state index < -0.39 is 0 Å². The minimum atomic E-state index is -0.0697. The lowest BCUT2D eigenvalue weighted by Crippen LogP contribution is -2.64. The Morgan fingerprint density at radius 2 is 1.41 bits per heavy atom. The van der Waals surface area contributed by atoms with E-state index in [4.69, 9.17) is 4.42 Å². The van der Waals surface area contributed by atoms with Gasteiger partial charge in [-0.15, -0.1) is 0 Å². The van der Waals surface area contributed by atoms with Crippen molar-refractivity contribution in [3.8, 4) is 11.1 Å². The average molecular weight is 494 g/mol. The lowest BCUT2D eigenvalue weighted by molar-refractivity contribution is 0.00793. The molecule has 2 aliphatic rings. The fraction of sp³-hybridized carbons (Fsp3) is 0.280. The van der Waals surface area contributed by atoms with Gasteiger partial charge >= 0.3 is 0 Å². The fourth-order valence-electron chi connectivity index (χ4n) is 4.35. The number of amides is 2. The largest absolute Gasteiger partial charge is 0.444 e. The maximum atomic E-state index is 12.8. The van der Waals surface area contributed by atoms with Crippen molar-refractivity contribution >= 4 is 27.7 Å². The van der Waals surface area contributed by atoms with Crippen LogP contribution in [0, 0.1) is 0 Å². The standard InChI is InChI=1S/C25H24BrN3O3/c26-23-11-10-22(32-23)25(31)28-14-12-27(13-15-28)21-16-29(17-21)24(30)20-8-6-19(7-9-20)18-4-2-1-3-5-18/h1-11,21H,12-17H2. The molecule has 32 heavy (non-hydrogen) atoms. The second-order valence-corrected chi connectivity index (χ2v) is 9.02. The minimum Gasteiger partial charge on any atom is -0.444 e. The summed E-state index contributed by atoms with van der Waals surface area (Å²) < 4.78 is 5.95. The SMILES string of the molecule is O=C(c1ccc(-c2ccccc2)cc1)N1CC(N2CCN(C(=O)c3ccc(Br)o3)CC2)C1. The summed E-state index contributed by atoms with van der Waals surface area (Å²) in [5, 5.41) is 0. The topological polar surface area (TPSA) is 57.0 Å². The molecule has 3 aromatic rings. The third-order valence-electron chi connectivity index (χ3n) is 6.29. The zero-order valence-electron chi connectivity index (χ0n) is 17.6. The first-order chi connectivity index (χ1) is 15.6. The molecule has 0 aliphatic carbocycles. The summed E-state index contributed by atoms with van der Waals surface area (Å²) in [5.41, 5.74) is 2.98. The van der Waals surface area contributed by atoms with Gasteiger partial charge in [0.25, 0.3) is 11.8 Å². The zero-order chi connectivity index (χ0) is 22.1. The average Bonchev–Trinajstić information content (AvgIpc) is 3.25. The molecule has 0 unspecified atom stereocenters. The van der Waals surface area contributed by atoms with Crippen molar-refractivity contribution in [3.63, 3.8) is 0 Å². The van der Waals surface area contributed by atoms with Gasteiger partial charge in [-0.25, -0.2) is 0 Å². The molecule has 3 heterocycles. The van der Waals surface area contributed by atoms with E-state index >= 15 is 0 Å². The van der Waals surface area contributed by atoms with Crippen LogP contribution < -0.4 is 0 Å². The third kappa shape index (κ3) is 4.23. The van der Waals surface area contributed by atoms with Gasteiger partial charge in [0.1, 0.15) is 0 Å². The molecule has 2 fully saturated rings. The molecule has 0 radical (unpaired) electrons. The van der Waals surface area contributed by atoms with Crippen LogP contribution in [0.25, 0.3) is 11.1 Å². The van der Waals surface area contributed by atoms with Crippen LogP contribution in [0.2, 0.25) is 0 Å². The first-order valence-corrected chi connectivity index (χ1v) is 11.6. The highest BCUT2D eigenvalue weighted by Gasteiger charge is 2.37. The lowest BCUT2D eigenvalue weighted by Gasteiger charge is -2.48. The van der Waals surface area contributed by atoms with E-state index in [1.165, 1.54) is 0 Å². The summed E-state index contributed by atoms with van der Waals surface area (Å²) in [5.74, 6) is 0.377. The van der Waals surface area contributed by atoms with Gasteiger partial charge in [0.15, 0.2) is 10.4 Å². The second kappa shape index (κ2) is 8.92. The highest BCUT2D eigenvalue weighted by molar-refractivity contribution is 9.10. The first-order valence-electron chi connectivity index (χ1n) is 10.8. The summed E-state index contributed by atoms with van der Waals surface area (Å²) >= 11 is 3.24. The van der Waals surface area contributed by atoms with Crippen LogP contribution in [0.5, 0.6) is 0 Å². The van der Waals surface area contributed by atoms with Crippen molar-refractivity contribution in [2.24, 2.45) is 0 Å². The summed E-state index contributed by atoms with van der Waals surface area (Å²) in [7, 11) is 0. The van der Waals surface area contributed by atoms with Crippen LogP contribution in [-0.2, 0) is 0 Å². The van der Waals surface area contributed by atoms with Gasteiger partial charge in [-0.3, -0.25) is 14.5 Å². The minimum absolute atomic E-state index is 0.0697. The van der Waals surface area contributed by atoms with Gasteiger partial charge in [0, 0.05) is 50.9 Å². The number of likely N-dealkylation sites (tertiary alicyclic amines) is 1. The van der Waals surface area contributed by atoms with Crippen molar-refractivity contribution in [2.45, 2.75) is 6.04 Å². The Morgan fingerprint density at radius 3 is 2.03 bits per heavy atom. The molecular formula is C25H24BrN3O3. The first kappa shape index (κ1) is 21.0. The molecular weight excluding hydrogens is 470 g/mol. The van der Waals surface area contributed by atoms with E-state index in [0.717, 1.165) is 42.9 Å². The van der Waals surface area contributed by atoms with Crippen molar-refractivity contribution < 1.29 is 14.0 Å². The maximum Gasteiger partial charge on any atom is 0.289 e. The van der Waals surface area contributed by atoms with Crippen LogP contribution in [0.3, 0.4) is 0 Å². The Bertz CT molecular complexity index is 1100. The van der Waals surface area contributed by atoms with E-state index in [0.29, 0.717) is 29.6 Å². The van der Waals surface area contributed by atoms with Crippen molar-refractivity contribution in [3.05, 3.63) is 82.7 Å². The second-order valence-electron chi connectivity index (χ2n) is 8.24. The van der Waals surface area contributed by atoms with Gasteiger partial charge in [-0.2, -0.15) is 0 Å². The number of benzene rings is 2. The van der Waals surface area contributed by atoms with Crippen molar-refractivity contribution in [1.82, 2.24) is 14.7 Å². The van der Waals surface area contributed by atoms with Crippen LogP contribution in [0.4, 0.5) is 0 Å². The number of piperazine rings is 1. The van der Waals surface area contributed by atoms with E-state index in [2.05, 4.69) is 33.0 Å². The Kier molecular flexibility index (Phi) is 5.85. The molecule has 2 saturated heterocycles. The van der Waals surface area contributed by atoms with Crippen LogP contribution >= 0.6 is 15.9 Å². The number of hydrogen-bond acceptors (Lipinski definition) is 4. The zero-order valence-corrected chi connectivity index (χ0v) is 19.2. The lowest BCUT2D eigenvalue weighted by atomic mass is 10.0. The Balaban J connectivity index is 1.11. The highest BCUT2D eigenvalue weighted by atomic mass is 79.9. The monoisotopic (exact) mass is 493 g/mol. The smallest absolute Gasteiger partial charge is 0.289 e. The van der Waals surface area contributed by atoms with Gasteiger partial charge in [0.05, 0.1) is 0 Å². The molecule has 2 aliphatic heterocycles. The van der Waals surface area contributed by atoms with Crippen LogP contribution in [-0.4, -0.2) is 71.8 Å². The summed E-state index contributed by atoms with van der Waals surface area (Å²) in [6.45, 7) is 4.43. The van der Waals surface area contributed by atoms with Gasteiger partial charge < -0.3 is 14.2 Å². The maximum absolute atomic E-state index is 12.8. The van der Waals surface area contributed by atoms with Crippen LogP contribution in [0.1, 0.15) is 20.9 Å². The molecule has 6 nitrogen and oxygen atoms in total. The molecule has 0 N–H and O–H groups in total. The van der Waals surface area contributed by atoms with Gasteiger partial charge in [-0.1, -0.05) is 42.5 Å². The van der Waals surface area contributed by atoms with Crippen molar-refractivity contribution in [1.29, 1.82) is 0 Å². The number of hydrogen-bond donors (Lipinski definition) is 0. The molecule has 7 heteroatoms. The molecule has 0 atom stereocenters. The number of nitrogens with zero attached hydrogens (tertiary/aromatic N) is 3. The quantitative estimate of drug-likeness (QED) is 0.551. The highest BCUT2D eigenvalue weighted by Crippen LogP contribution is 2.23. The Labute approximate surface area is 195 Å². The summed E-state index contributed by atoms with van der Waals surface area (Å²) in [4.78, 5) is 31.5. The number of halogens is 1. The van der Waals surface area contributed by atoms with E-state index in [-0.39, 0.29) is 11.8 Å². The number of furan rings is 1. The predicted octanol–water partition coefficient (Wildman–Crippen LogP) is 3.99. The molecule has 1 aromatic heterocycles. The molecule has 2 amide bonds. The molecule has 2 aromatic carbocycles. The normalized spacial score (nSPS) is 17.3. The number of carbonyl (C=O) groups is 2. The number of carbonyl (C=O) groups excluding carboxylic acids is 2. The Hall–Kier alpha value is -2.90.